The minimum Gasteiger partial charge on any atom is -0.431 e. The Kier molecular flexibility index (Phi) is 5.48. The van der Waals surface area contributed by atoms with E-state index in [1.807, 2.05) is 30.3 Å². The van der Waals surface area contributed by atoms with Gasteiger partial charge in [-0.15, -0.1) is 0 Å². The van der Waals surface area contributed by atoms with Crippen LogP contribution in [0.3, 0.4) is 0 Å². The number of piperidine rings is 1. The van der Waals surface area contributed by atoms with Gasteiger partial charge in [0, 0.05) is 13.2 Å². The van der Waals surface area contributed by atoms with Gasteiger partial charge < -0.3 is 9.84 Å². The average Bonchev–Trinajstić information content (AvgIpc) is 3.07. The van der Waals surface area contributed by atoms with Crippen molar-refractivity contribution in [2.45, 2.75) is 25.8 Å². The number of para-hydroxylation sites is 1. The Morgan fingerprint density at radius 1 is 1.08 bits per heavy atom. The van der Waals surface area contributed by atoms with E-state index in [-0.39, 0.29) is 0 Å². The summed E-state index contributed by atoms with van der Waals surface area (Å²) in [4.78, 5) is 7.01. The summed E-state index contributed by atoms with van der Waals surface area (Å²) in [5.74, 6) is 1.52. The Balaban J connectivity index is 1.33. The van der Waals surface area contributed by atoms with Gasteiger partial charge in [-0.2, -0.15) is 0 Å². The Hall–Kier alpha value is -1.95. The third-order valence-electron chi connectivity index (χ3n) is 5.05. The van der Waals surface area contributed by atoms with Gasteiger partial charge in [0.1, 0.15) is 5.75 Å². The molecule has 1 aromatic heterocycles. The van der Waals surface area contributed by atoms with Crippen molar-refractivity contribution in [2.75, 3.05) is 19.7 Å². The number of hydrogen-bond donors (Lipinski definition) is 1. The molecule has 26 heavy (non-hydrogen) atoms. The van der Waals surface area contributed by atoms with Gasteiger partial charge in [0.05, 0.1) is 10.2 Å². The predicted octanol–water partition coefficient (Wildman–Crippen LogP) is 4.68. The molecule has 0 radical (unpaired) electrons. The molecule has 2 heterocycles. The largest absolute Gasteiger partial charge is 0.431 e. The minimum atomic E-state index is 0.320. The molecular formula is C21H24N2O2S. The normalized spacial score (nSPS) is 16.2. The van der Waals surface area contributed by atoms with E-state index in [9.17, 15) is 0 Å². The zero-order chi connectivity index (χ0) is 17.8. The number of rotatable bonds is 6. The molecule has 1 saturated heterocycles. The highest BCUT2D eigenvalue weighted by Gasteiger charge is 2.18. The van der Waals surface area contributed by atoms with Crippen molar-refractivity contribution in [3.05, 3.63) is 54.1 Å². The van der Waals surface area contributed by atoms with Crippen LogP contribution in [-0.2, 0) is 6.54 Å². The van der Waals surface area contributed by atoms with Gasteiger partial charge in [0.15, 0.2) is 0 Å². The average molecular weight is 369 g/mol. The number of hydrogen-bond acceptors (Lipinski definition) is 5. The summed E-state index contributed by atoms with van der Waals surface area (Å²) in [6.45, 7) is 3.54. The van der Waals surface area contributed by atoms with Gasteiger partial charge in [-0.05, 0) is 68.1 Å². The van der Waals surface area contributed by atoms with Crippen LogP contribution in [0.25, 0.3) is 10.2 Å². The van der Waals surface area contributed by atoms with Gasteiger partial charge in [-0.1, -0.05) is 35.6 Å². The fourth-order valence-corrected chi connectivity index (χ4v) is 4.37. The van der Waals surface area contributed by atoms with Crippen LogP contribution in [0.1, 0.15) is 24.8 Å². The maximum Gasteiger partial charge on any atom is 0.279 e. The second-order valence-electron chi connectivity index (χ2n) is 6.93. The quantitative estimate of drug-likeness (QED) is 0.686. The zero-order valence-corrected chi connectivity index (χ0v) is 15.6. The van der Waals surface area contributed by atoms with Crippen LogP contribution in [-0.4, -0.2) is 34.7 Å². The van der Waals surface area contributed by atoms with Crippen molar-refractivity contribution in [3.8, 4) is 10.9 Å². The number of aromatic nitrogens is 1. The monoisotopic (exact) mass is 368 g/mol. The minimum absolute atomic E-state index is 0.320. The molecule has 5 heteroatoms. The lowest BCUT2D eigenvalue weighted by atomic mass is 9.94. The topological polar surface area (TPSA) is 45.6 Å². The maximum atomic E-state index is 9.06. The molecule has 0 amide bonds. The summed E-state index contributed by atoms with van der Waals surface area (Å²) in [6.07, 6.45) is 3.34. The van der Waals surface area contributed by atoms with E-state index in [2.05, 4.69) is 28.1 Å². The van der Waals surface area contributed by atoms with E-state index in [0.717, 1.165) is 42.0 Å². The molecule has 0 spiro atoms. The van der Waals surface area contributed by atoms with Gasteiger partial charge >= 0.3 is 0 Å². The van der Waals surface area contributed by atoms with Crippen LogP contribution in [0.15, 0.2) is 48.5 Å². The molecule has 0 bridgehead atoms. The highest BCUT2D eigenvalue weighted by molar-refractivity contribution is 7.20. The third-order valence-corrected chi connectivity index (χ3v) is 5.97. The Labute approximate surface area is 158 Å². The van der Waals surface area contributed by atoms with E-state index in [1.165, 1.54) is 18.4 Å². The van der Waals surface area contributed by atoms with Crippen molar-refractivity contribution in [3.63, 3.8) is 0 Å². The molecule has 3 aromatic rings. The van der Waals surface area contributed by atoms with Crippen LogP contribution >= 0.6 is 11.3 Å². The standard InChI is InChI=1S/C21H24N2O2S/c24-14-11-16-9-12-23(13-10-16)15-17-5-7-18(8-6-17)25-21-22-19-3-1-2-4-20(19)26-21/h1-8,16,24H,9-15H2. The van der Waals surface area contributed by atoms with Gasteiger partial charge in [0.25, 0.3) is 5.19 Å². The van der Waals surface area contributed by atoms with Crippen LogP contribution in [0.4, 0.5) is 0 Å². The molecule has 136 valence electrons. The van der Waals surface area contributed by atoms with E-state index in [1.54, 1.807) is 11.3 Å². The van der Waals surface area contributed by atoms with Crippen LogP contribution in [0.5, 0.6) is 10.9 Å². The predicted molar refractivity (Wildman–Crippen MR) is 106 cm³/mol. The number of thiazole rings is 1. The molecule has 0 aliphatic carbocycles. The molecule has 0 saturated carbocycles. The summed E-state index contributed by atoms with van der Waals surface area (Å²) in [5.41, 5.74) is 2.29. The zero-order valence-electron chi connectivity index (χ0n) is 14.8. The second kappa shape index (κ2) is 8.16. The number of aliphatic hydroxyl groups excluding tert-OH is 1. The summed E-state index contributed by atoms with van der Waals surface area (Å²) < 4.78 is 7.06. The smallest absolute Gasteiger partial charge is 0.279 e. The molecule has 0 unspecified atom stereocenters. The van der Waals surface area contributed by atoms with Crippen molar-refractivity contribution in [1.29, 1.82) is 0 Å². The number of fused-ring (bicyclic) bond motifs is 1. The van der Waals surface area contributed by atoms with E-state index in [0.29, 0.717) is 17.7 Å². The highest BCUT2D eigenvalue weighted by Crippen LogP contribution is 2.31. The molecule has 1 aliphatic heterocycles. The molecule has 4 rings (SSSR count). The van der Waals surface area contributed by atoms with Crippen LogP contribution < -0.4 is 4.74 Å². The first-order valence-electron chi connectivity index (χ1n) is 9.26. The summed E-state index contributed by atoms with van der Waals surface area (Å²) >= 11 is 1.57. The van der Waals surface area contributed by atoms with Gasteiger partial charge in [-0.3, -0.25) is 4.90 Å². The lowest BCUT2D eigenvalue weighted by Gasteiger charge is -2.31. The summed E-state index contributed by atoms with van der Waals surface area (Å²) in [7, 11) is 0. The first-order chi connectivity index (χ1) is 12.8. The number of benzene rings is 2. The SMILES string of the molecule is OCCC1CCN(Cc2ccc(Oc3nc4ccccc4s3)cc2)CC1. The van der Waals surface area contributed by atoms with Crippen molar-refractivity contribution >= 4 is 21.6 Å². The lowest BCUT2D eigenvalue weighted by molar-refractivity contribution is 0.153. The summed E-state index contributed by atoms with van der Waals surface area (Å²) in [5, 5.41) is 9.75. The van der Waals surface area contributed by atoms with Crippen molar-refractivity contribution in [1.82, 2.24) is 9.88 Å². The van der Waals surface area contributed by atoms with E-state index < -0.39 is 0 Å². The Morgan fingerprint density at radius 2 is 1.85 bits per heavy atom. The lowest BCUT2D eigenvalue weighted by Crippen LogP contribution is -2.33. The van der Waals surface area contributed by atoms with Gasteiger partial charge in [0.2, 0.25) is 0 Å². The van der Waals surface area contributed by atoms with E-state index in [4.69, 9.17) is 9.84 Å². The molecule has 2 aromatic carbocycles. The van der Waals surface area contributed by atoms with Gasteiger partial charge in [-0.25, -0.2) is 4.98 Å². The molecular weight excluding hydrogens is 344 g/mol. The van der Waals surface area contributed by atoms with Crippen molar-refractivity contribution in [2.24, 2.45) is 5.92 Å². The number of likely N-dealkylation sites (tertiary alicyclic amines) is 1. The fraction of sp³-hybridized carbons (Fsp3) is 0.381. The Morgan fingerprint density at radius 3 is 2.58 bits per heavy atom. The molecule has 1 aliphatic rings. The molecule has 4 nitrogen and oxygen atoms in total. The number of ether oxygens (including phenoxy) is 1. The number of aliphatic hydroxyl groups is 1. The first kappa shape index (κ1) is 17.5. The van der Waals surface area contributed by atoms with Crippen molar-refractivity contribution < 1.29 is 9.84 Å². The van der Waals surface area contributed by atoms with E-state index >= 15 is 0 Å². The summed E-state index contributed by atoms with van der Waals surface area (Å²) in [6, 6.07) is 16.4. The maximum absolute atomic E-state index is 9.06. The molecule has 1 N–H and O–H groups in total. The highest BCUT2D eigenvalue weighted by atomic mass is 32.1. The second-order valence-corrected chi connectivity index (χ2v) is 7.92. The van der Waals surface area contributed by atoms with Crippen LogP contribution in [0.2, 0.25) is 0 Å². The van der Waals surface area contributed by atoms with Crippen LogP contribution in [0, 0.1) is 5.92 Å². The molecule has 0 atom stereocenters. The first-order valence-corrected chi connectivity index (χ1v) is 10.1. The fourth-order valence-electron chi connectivity index (χ4n) is 3.53. The molecule has 1 fully saturated rings. The Bertz CT molecular complexity index is 806. The third kappa shape index (κ3) is 4.23. The number of nitrogens with zero attached hydrogens (tertiary/aromatic N) is 2.